The highest BCUT2D eigenvalue weighted by molar-refractivity contribution is 5.73. The Labute approximate surface area is 79.5 Å². The molecule has 0 aromatic carbocycles. The molecule has 1 aliphatic rings. The van der Waals surface area contributed by atoms with Crippen LogP contribution in [-0.4, -0.2) is 23.2 Å². The van der Waals surface area contributed by atoms with Gasteiger partial charge in [-0.15, -0.1) is 0 Å². The van der Waals surface area contributed by atoms with Crippen LogP contribution in [0.4, 0.5) is 0 Å². The molecule has 2 N–H and O–H groups in total. The zero-order valence-electron chi connectivity index (χ0n) is 8.63. The van der Waals surface area contributed by atoms with Crippen molar-refractivity contribution in [3.63, 3.8) is 0 Å². The number of nitrogens with one attached hydrogen (secondary N) is 1. The molecule has 1 unspecified atom stereocenters. The van der Waals surface area contributed by atoms with E-state index in [4.69, 9.17) is 5.11 Å². The summed E-state index contributed by atoms with van der Waals surface area (Å²) in [6, 6.07) is 0.0935. The number of carbonyl (C=O) groups is 1. The molecular weight excluding hydrogens is 166 g/mol. The van der Waals surface area contributed by atoms with Crippen molar-refractivity contribution in [2.45, 2.75) is 52.1 Å². The number of carboxylic acid groups (broad SMARTS) is 1. The summed E-state index contributed by atoms with van der Waals surface area (Å²) < 4.78 is 0. The van der Waals surface area contributed by atoms with Crippen molar-refractivity contribution in [2.24, 2.45) is 5.41 Å². The molecule has 3 nitrogen and oxygen atoms in total. The summed E-state index contributed by atoms with van der Waals surface area (Å²) in [6.07, 6.45) is 2.96. The Morgan fingerprint density at radius 2 is 2.08 bits per heavy atom. The maximum absolute atomic E-state index is 10.9. The fourth-order valence-electron chi connectivity index (χ4n) is 1.36. The molecule has 0 aromatic rings. The van der Waals surface area contributed by atoms with E-state index in [1.165, 1.54) is 0 Å². The van der Waals surface area contributed by atoms with Gasteiger partial charge in [-0.3, -0.25) is 4.79 Å². The van der Waals surface area contributed by atoms with Crippen LogP contribution in [0.25, 0.3) is 0 Å². The van der Waals surface area contributed by atoms with Gasteiger partial charge in [0, 0.05) is 6.04 Å². The second kappa shape index (κ2) is 3.66. The van der Waals surface area contributed by atoms with E-state index in [2.05, 4.69) is 26.1 Å². The molecule has 1 atom stereocenters. The van der Waals surface area contributed by atoms with Crippen molar-refractivity contribution in [1.82, 2.24) is 5.32 Å². The van der Waals surface area contributed by atoms with E-state index in [1.54, 1.807) is 0 Å². The van der Waals surface area contributed by atoms with Gasteiger partial charge in [0.05, 0.1) is 0 Å². The maximum Gasteiger partial charge on any atom is 0.320 e. The lowest BCUT2D eigenvalue weighted by atomic mass is 9.88. The van der Waals surface area contributed by atoms with Crippen LogP contribution in [0.5, 0.6) is 0 Å². The molecule has 13 heavy (non-hydrogen) atoms. The first-order valence-corrected chi connectivity index (χ1v) is 4.87. The van der Waals surface area contributed by atoms with Crippen LogP contribution in [0.15, 0.2) is 0 Å². The molecule has 0 bridgehead atoms. The number of hydrogen-bond acceptors (Lipinski definition) is 2. The van der Waals surface area contributed by atoms with Crippen LogP contribution in [0, 0.1) is 5.41 Å². The first-order chi connectivity index (χ1) is 5.88. The molecule has 1 saturated carbocycles. The largest absolute Gasteiger partial charge is 0.480 e. The summed E-state index contributed by atoms with van der Waals surface area (Å²) in [5.41, 5.74) is 0.0744. The molecule has 1 fully saturated rings. The van der Waals surface area contributed by atoms with Crippen LogP contribution < -0.4 is 5.32 Å². The molecule has 0 spiro atoms. The van der Waals surface area contributed by atoms with Crippen LogP contribution in [-0.2, 0) is 4.79 Å². The number of aliphatic carboxylic acids is 1. The monoisotopic (exact) mass is 185 g/mol. The highest BCUT2D eigenvalue weighted by atomic mass is 16.4. The number of hydrogen-bond donors (Lipinski definition) is 2. The van der Waals surface area contributed by atoms with Gasteiger partial charge in [0.15, 0.2) is 0 Å². The smallest absolute Gasteiger partial charge is 0.320 e. The maximum atomic E-state index is 10.9. The molecule has 0 amide bonds. The summed E-state index contributed by atoms with van der Waals surface area (Å²) in [6.45, 7) is 6.20. The Morgan fingerprint density at radius 3 is 2.38 bits per heavy atom. The topological polar surface area (TPSA) is 49.3 Å². The molecule has 0 aliphatic heterocycles. The predicted octanol–water partition coefficient (Wildman–Crippen LogP) is 1.63. The first kappa shape index (κ1) is 10.5. The van der Waals surface area contributed by atoms with Gasteiger partial charge in [-0.25, -0.2) is 0 Å². The van der Waals surface area contributed by atoms with Crippen LogP contribution in [0.2, 0.25) is 0 Å². The minimum Gasteiger partial charge on any atom is -0.480 e. The molecule has 1 aliphatic carbocycles. The highest BCUT2D eigenvalue weighted by Gasteiger charge is 2.30. The molecule has 76 valence electrons. The Morgan fingerprint density at radius 1 is 1.54 bits per heavy atom. The third-order valence-electron chi connectivity index (χ3n) is 2.13. The second-order valence-corrected chi connectivity index (χ2v) is 5.10. The van der Waals surface area contributed by atoms with Crippen LogP contribution >= 0.6 is 0 Å². The first-order valence-electron chi connectivity index (χ1n) is 4.87. The normalized spacial score (nSPS) is 19.9. The Kier molecular flexibility index (Phi) is 2.96. The quantitative estimate of drug-likeness (QED) is 0.700. The minimum atomic E-state index is -0.721. The number of rotatable bonds is 4. The van der Waals surface area contributed by atoms with E-state index in [9.17, 15) is 4.79 Å². The summed E-state index contributed by atoms with van der Waals surface area (Å²) in [4.78, 5) is 10.9. The van der Waals surface area contributed by atoms with E-state index >= 15 is 0 Å². The lowest BCUT2D eigenvalue weighted by Gasteiger charge is -2.23. The van der Waals surface area contributed by atoms with Crippen LogP contribution in [0.1, 0.15) is 40.0 Å². The van der Waals surface area contributed by atoms with E-state index in [-0.39, 0.29) is 11.5 Å². The summed E-state index contributed by atoms with van der Waals surface area (Å²) >= 11 is 0. The second-order valence-electron chi connectivity index (χ2n) is 5.10. The summed E-state index contributed by atoms with van der Waals surface area (Å²) in [5.74, 6) is -0.721. The average molecular weight is 185 g/mol. The van der Waals surface area contributed by atoms with Crippen molar-refractivity contribution in [2.75, 3.05) is 0 Å². The third kappa shape index (κ3) is 4.27. The van der Waals surface area contributed by atoms with Crippen molar-refractivity contribution in [1.29, 1.82) is 0 Å². The molecule has 3 heteroatoms. The summed E-state index contributed by atoms with van der Waals surface area (Å²) in [7, 11) is 0. The zero-order chi connectivity index (χ0) is 10.1. The van der Waals surface area contributed by atoms with Crippen molar-refractivity contribution in [3.8, 4) is 0 Å². The van der Waals surface area contributed by atoms with Gasteiger partial charge < -0.3 is 10.4 Å². The Hall–Kier alpha value is -0.570. The lowest BCUT2D eigenvalue weighted by Crippen LogP contribution is -2.40. The fraction of sp³-hybridized carbons (Fsp3) is 0.900. The van der Waals surface area contributed by atoms with Gasteiger partial charge in [0.25, 0.3) is 0 Å². The Bertz CT molecular complexity index is 192. The molecule has 0 aromatic heterocycles. The SMILES string of the molecule is CC(C)(C)CC(NC1CC1)C(=O)O. The molecule has 1 rings (SSSR count). The molecule has 0 heterocycles. The van der Waals surface area contributed by atoms with E-state index in [1.807, 2.05) is 0 Å². The standard InChI is InChI=1S/C10H19NO2/c1-10(2,3)6-8(9(12)13)11-7-4-5-7/h7-8,11H,4-6H2,1-3H3,(H,12,13). The van der Waals surface area contributed by atoms with Crippen LogP contribution in [0.3, 0.4) is 0 Å². The van der Waals surface area contributed by atoms with Gasteiger partial charge in [-0.2, -0.15) is 0 Å². The molecule has 0 radical (unpaired) electrons. The highest BCUT2D eigenvalue weighted by Crippen LogP contribution is 2.25. The van der Waals surface area contributed by atoms with Crippen molar-refractivity contribution in [3.05, 3.63) is 0 Å². The molecule has 0 saturated heterocycles. The third-order valence-corrected chi connectivity index (χ3v) is 2.13. The lowest BCUT2D eigenvalue weighted by molar-refractivity contribution is -0.140. The van der Waals surface area contributed by atoms with Crippen molar-refractivity contribution < 1.29 is 9.90 Å². The fourth-order valence-corrected chi connectivity index (χ4v) is 1.36. The van der Waals surface area contributed by atoms with Gasteiger partial charge in [-0.1, -0.05) is 20.8 Å². The van der Waals surface area contributed by atoms with Gasteiger partial charge >= 0.3 is 5.97 Å². The zero-order valence-corrected chi connectivity index (χ0v) is 8.63. The minimum absolute atomic E-state index is 0.0744. The average Bonchev–Trinajstić information content (AvgIpc) is 2.66. The van der Waals surface area contributed by atoms with E-state index in [0.717, 1.165) is 12.8 Å². The van der Waals surface area contributed by atoms with E-state index in [0.29, 0.717) is 12.5 Å². The number of carboxylic acids is 1. The van der Waals surface area contributed by atoms with Gasteiger partial charge in [0.2, 0.25) is 0 Å². The summed E-state index contributed by atoms with van der Waals surface area (Å²) in [5, 5.41) is 12.1. The van der Waals surface area contributed by atoms with E-state index < -0.39 is 5.97 Å². The Balaban J connectivity index is 2.41. The van der Waals surface area contributed by atoms with Crippen molar-refractivity contribution >= 4 is 5.97 Å². The molecular formula is C10H19NO2. The predicted molar refractivity (Wildman–Crippen MR) is 51.7 cm³/mol. The van der Waals surface area contributed by atoms with Gasteiger partial charge in [-0.05, 0) is 24.7 Å². The van der Waals surface area contributed by atoms with Gasteiger partial charge in [0.1, 0.15) is 6.04 Å².